The van der Waals surface area contributed by atoms with Crippen LogP contribution in [0.25, 0.3) is 4.96 Å². The molecule has 1 amide bonds. The number of amides is 1. The third-order valence-electron chi connectivity index (χ3n) is 3.57. The van der Waals surface area contributed by atoms with Crippen LogP contribution in [-0.2, 0) is 17.8 Å². The fraction of sp³-hybridized carbons (Fsp3) is 0.375. The van der Waals surface area contributed by atoms with Crippen LogP contribution in [0, 0.1) is 5.82 Å². The average molecular weight is 347 g/mol. The molecule has 126 valence electrons. The summed E-state index contributed by atoms with van der Waals surface area (Å²) in [6, 6.07) is 6.41. The molecule has 0 saturated carbocycles. The van der Waals surface area contributed by atoms with Crippen molar-refractivity contribution in [2.75, 3.05) is 0 Å². The van der Waals surface area contributed by atoms with Crippen molar-refractivity contribution in [2.24, 2.45) is 0 Å². The Hall–Kier alpha value is -2.35. The van der Waals surface area contributed by atoms with Gasteiger partial charge in [0.1, 0.15) is 10.8 Å². The summed E-state index contributed by atoms with van der Waals surface area (Å²) in [7, 11) is 0. The number of benzene rings is 1. The highest BCUT2D eigenvalue weighted by Crippen LogP contribution is 2.19. The van der Waals surface area contributed by atoms with Gasteiger partial charge in [-0.2, -0.15) is 9.61 Å². The summed E-state index contributed by atoms with van der Waals surface area (Å²) >= 11 is 1.43. The van der Waals surface area contributed by atoms with Gasteiger partial charge in [-0.05, 0) is 6.07 Å². The molecule has 3 rings (SSSR count). The summed E-state index contributed by atoms with van der Waals surface area (Å²) in [5.41, 5.74) is 0.478. The third-order valence-corrected chi connectivity index (χ3v) is 4.53. The largest absolute Gasteiger partial charge is 0.352 e. The van der Waals surface area contributed by atoms with E-state index >= 15 is 0 Å². The van der Waals surface area contributed by atoms with Crippen molar-refractivity contribution in [2.45, 2.75) is 39.2 Å². The normalized spacial score (nSPS) is 11.3. The first-order chi connectivity index (χ1) is 11.5. The van der Waals surface area contributed by atoms with E-state index in [-0.39, 0.29) is 24.2 Å². The standard InChI is InChI=1S/C16H18FN5OS/c1-10(2)15-19-20-16-22(15)21-14(24-16)8-7-13(23)18-9-11-5-3-4-6-12(11)17/h3-6,10H,7-9H2,1-2H3,(H,18,23). The van der Waals surface area contributed by atoms with Crippen LogP contribution in [0.1, 0.15) is 42.6 Å². The summed E-state index contributed by atoms with van der Waals surface area (Å²) < 4.78 is 15.2. The lowest BCUT2D eigenvalue weighted by Crippen LogP contribution is -2.23. The van der Waals surface area contributed by atoms with Crippen LogP contribution in [0.2, 0.25) is 0 Å². The van der Waals surface area contributed by atoms with Crippen molar-refractivity contribution >= 4 is 22.2 Å². The predicted molar refractivity (Wildman–Crippen MR) is 89.3 cm³/mol. The van der Waals surface area contributed by atoms with Crippen molar-refractivity contribution < 1.29 is 9.18 Å². The smallest absolute Gasteiger partial charge is 0.234 e. The van der Waals surface area contributed by atoms with Crippen molar-refractivity contribution in [3.63, 3.8) is 0 Å². The molecule has 1 N–H and O–H groups in total. The molecule has 0 fully saturated rings. The summed E-state index contributed by atoms with van der Waals surface area (Å²) in [5, 5.41) is 16.2. The number of aromatic nitrogens is 4. The monoisotopic (exact) mass is 347 g/mol. The number of rotatable bonds is 6. The van der Waals surface area contributed by atoms with Gasteiger partial charge in [-0.3, -0.25) is 4.79 Å². The van der Waals surface area contributed by atoms with Crippen molar-refractivity contribution in [3.05, 3.63) is 46.5 Å². The Balaban J connectivity index is 1.55. The van der Waals surface area contributed by atoms with E-state index in [0.717, 1.165) is 15.8 Å². The van der Waals surface area contributed by atoms with Crippen LogP contribution in [0.3, 0.4) is 0 Å². The number of hydrogen-bond donors (Lipinski definition) is 1. The van der Waals surface area contributed by atoms with Gasteiger partial charge in [0.15, 0.2) is 5.82 Å². The molecule has 0 bridgehead atoms. The Morgan fingerprint density at radius 3 is 2.88 bits per heavy atom. The van der Waals surface area contributed by atoms with Gasteiger partial charge in [-0.15, -0.1) is 10.2 Å². The first kappa shape index (κ1) is 16.5. The molecule has 0 radical (unpaired) electrons. The average Bonchev–Trinajstić information content (AvgIpc) is 3.11. The summed E-state index contributed by atoms with van der Waals surface area (Å²) in [5.74, 6) is 0.608. The van der Waals surface area contributed by atoms with Crippen LogP contribution in [0.15, 0.2) is 24.3 Å². The highest BCUT2D eigenvalue weighted by atomic mass is 32.1. The number of carbonyl (C=O) groups excluding carboxylic acids is 1. The molecule has 24 heavy (non-hydrogen) atoms. The second-order valence-corrected chi connectivity index (χ2v) is 6.81. The predicted octanol–water partition coefficient (Wildman–Crippen LogP) is 2.70. The second-order valence-electron chi connectivity index (χ2n) is 5.77. The SMILES string of the molecule is CC(C)c1nnc2sc(CCC(=O)NCc3ccccc3F)nn12. The fourth-order valence-corrected chi connectivity index (χ4v) is 3.12. The summed E-state index contributed by atoms with van der Waals surface area (Å²) in [4.78, 5) is 12.7. The molecule has 2 aromatic heterocycles. The molecule has 6 nitrogen and oxygen atoms in total. The van der Waals surface area contributed by atoms with Crippen molar-refractivity contribution in [3.8, 4) is 0 Å². The molecule has 0 unspecified atom stereocenters. The van der Waals surface area contributed by atoms with Crippen molar-refractivity contribution in [1.29, 1.82) is 0 Å². The number of fused-ring (bicyclic) bond motifs is 1. The second kappa shape index (κ2) is 7.04. The van der Waals surface area contributed by atoms with E-state index in [1.165, 1.54) is 17.4 Å². The van der Waals surface area contributed by atoms with E-state index < -0.39 is 0 Å². The number of hydrogen-bond acceptors (Lipinski definition) is 5. The molecule has 0 atom stereocenters. The molecule has 0 aliphatic rings. The quantitative estimate of drug-likeness (QED) is 0.744. The van der Waals surface area contributed by atoms with E-state index in [1.807, 2.05) is 13.8 Å². The maximum absolute atomic E-state index is 13.5. The van der Waals surface area contributed by atoms with Gasteiger partial charge in [0.05, 0.1) is 0 Å². The molecule has 8 heteroatoms. The van der Waals surface area contributed by atoms with E-state index in [4.69, 9.17) is 0 Å². The molecule has 0 spiro atoms. The van der Waals surface area contributed by atoms with Gasteiger partial charge in [0, 0.05) is 30.9 Å². The van der Waals surface area contributed by atoms with Gasteiger partial charge in [-0.25, -0.2) is 4.39 Å². The Morgan fingerprint density at radius 2 is 2.12 bits per heavy atom. The van der Waals surface area contributed by atoms with Gasteiger partial charge < -0.3 is 5.32 Å². The van der Waals surface area contributed by atoms with Crippen LogP contribution >= 0.6 is 11.3 Å². The van der Waals surface area contributed by atoms with Crippen LogP contribution < -0.4 is 5.32 Å². The zero-order valence-corrected chi connectivity index (χ0v) is 14.3. The first-order valence-corrected chi connectivity index (χ1v) is 8.57. The molecule has 0 aliphatic heterocycles. The van der Waals surface area contributed by atoms with E-state index in [9.17, 15) is 9.18 Å². The number of carbonyl (C=O) groups is 1. The molecular weight excluding hydrogens is 329 g/mol. The highest BCUT2D eigenvalue weighted by molar-refractivity contribution is 7.16. The molecular formula is C16H18FN5OS. The maximum Gasteiger partial charge on any atom is 0.234 e. The minimum atomic E-state index is -0.312. The molecule has 0 aliphatic carbocycles. The van der Waals surface area contributed by atoms with Gasteiger partial charge >= 0.3 is 0 Å². The zero-order chi connectivity index (χ0) is 17.1. The van der Waals surface area contributed by atoms with Crippen LogP contribution in [-0.4, -0.2) is 25.7 Å². The topological polar surface area (TPSA) is 72.2 Å². The summed E-state index contributed by atoms with van der Waals surface area (Å²) in [6.45, 7) is 4.26. The highest BCUT2D eigenvalue weighted by Gasteiger charge is 2.14. The Morgan fingerprint density at radius 1 is 1.33 bits per heavy atom. The number of nitrogens with zero attached hydrogens (tertiary/aromatic N) is 4. The lowest BCUT2D eigenvalue weighted by molar-refractivity contribution is -0.121. The fourth-order valence-electron chi connectivity index (χ4n) is 2.28. The summed E-state index contributed by atoms with van der Waals surface area (Å²) in [6.07, 6.45) is 0.824. The third kappa shape index (κ3) is 3.59. The number of nitrogens with one attached hydrogen (secondary N) is 1. The lowest BCUT2D eigenvalue weighted by Gasteiger charge is -2.05. The Labute approximate surface area is 142 Å². The van der Waals surface area contributed by atoms with Crippen molar-refractivity contribution in [1.82, 2.24) is 25.1 Å². The zero-order valence-electron chi connectivity index (χ0n) is 13.5. The lowest BCUT2D eigenvalue weighted by atomic mass is 10.2. The Kier molecular flexibility index (Phi) is 4.84. The maximum atomic E-state index is 13.5. The van der Waals surface area contributed by atoms with E-state index in [1.54, 1.807) is 22.7 Å². The van der Waals surface area contributed by atoms with Crippen LogP contribution in [0.5, 0.6) is 0 Å². The first-order valence-electron chi connectivity index (χ1n) is 7.75. The minimum absolute atomic E-state index is 0.131. The molecule has 1 aromatic carbocycles. The van der Waals surface area contributed by atoms with E-state index in [2.05, 4.69) is 20.6 Å². The number of halogens is 1. The molecule has 3 aromatic rings. The molecule has 0 saturated heterocycles. The minimum Gasteiger partial charge on any atom is -0.352 e. The number of aryl methyl sites for hydroxylation is 1. The molecule has 2 heterocycles. The van der Waals surface area contributed by atoms with E-state index in [0.29, 0.717) is 18.4 Å². The van der Waals surface area contributed by atoms with Gasteiger partial charge in [0.2, 0.25) is 10.9 Å². The Bertz CT molecular complexity index is 857. The van der Waals surface area contributed by atoms with Crippen LogP contribution in [0.4, 0.5) is 4.39 Å². The van der Waals surface area contributed by atoms with Gasteiger partial charge in [0.25, 0.3) is 0 Å². The van der Waals surface area contributed by atoms with Gasteiger partial charge in [-0.1, -0.05) is 43.4 Å².